The summed E-state index contributed by atoms with van der Waals surface area (Å²) in [5, 5.41) is 16.4. The Morgan fingerprint density at radius 2 is 2.21 bits per heavy atom. The zero-order valence-electron chi connectivity index (χ0n) is 14.8. The molecular weight excluding hydrogens is 416 g/mol. The van der Waals surface area contributed by atoms with Crippen LogP contribution in [0.5, 0.6) is 0 Å². The Kier molecular flexibility index (Phi) is 5.61. The van der Waals surface area contributed by atoms with Gasteiger partial charge in [0.05, 0.1) is 22.8 Å². The summed E-state index contributed by atoms with van der Waals surface area (Å²) in [6, 6.07) is 11.2. The quantitative estimate of drug-likeness (QED) is 0.436. The van der Waals surface area contributed by atoms with Crippen molar-refractivity contribution in [3.63, 3.8) is 0 Å². The number of carbonyl (C=O) groups is 1. The van der Waals surface area contributed by atoms with Crippen molar-refractivity contribution >= 4 is 52.5 Å². The number of ether oxygens (including phenoxy) is 1. The number of hydrogen-bond acceptors (Lipinski definition) is 7. The largest absolute Gasteiger partial charge is 0.462 e. The molecule has 0 bridgehead atoms. The molecule has 0 saturated heterocycles. The predicted octanol–water partition coefficient (Wildman–Crippen LogP) is 4.62. The Bertz CT molecular complexity index is 1070. The highest BCUT2D eigenvalue weighted by molar-refractivity contribution is 7.99. The summed E-state index contributed by atoms with van der Waals surface area (Å²) in [5.41, 5.74) is 1.80. The first-order valence-corrected chi connectivity index (χ1v) is 10.7. The van der Waals surface area contributed by atoms with Crippen LogP contribution in [0.15, 0.2) is 57.6 Å². The van der Waals surface area contributed by atoms with Gasteiger partial charge in [-0.15, -0.1) is 21.5 Å². The lowest BCUT2D eigenvalue weighted by Crippen LogP contribution is -2.21. The molecule has 0 unspecified atom stereocenters. The summed E-state index contributed by atoms with van der Waals surface area (Å²) < 4.78 is 6.94. The number of thiophene rings is 1. The fourth-order valence-electron chi connectivity index (χ4n) is 2.65. The molecule has 0 spiro atoms. The van der Waals surface area contributed by atoms with Crippen molar-refractivity contribution in [1.29, 1.82) is 0 Å². The normalized spacial score (nSPS) is 13.8. The summed E-state index contributed by atoms with van der Waals surface area (Å²) in [7, 11) is 0. The Hall–Kier alpha value is -2.42. The third kappa shape index (κ3) is 3.89. The summed E-state index contributed by atoms with van der Waals surface area (Å²) in [6.07, 6.45) is 1.75. The van der Waals surface area contributed by atoms with E-state index in [1.54, 1.807) is 41.1 Å². The molecule has 0 radical (unpaired) electrons. The number of thioether (sulfide) groups is 1. The number of nitrogens with zero attached hydrogens (tertiary/aromatic N) is 4. The number of carbonyl (C=O) groups excluding carboxylic acids is 1. The zero-order valence-corrected chi connectivity index (χ0v) is 17.2. The second kappa shape index (κ2) is 8.30. The van der Waals surface area contributed by atoms with Gasteiger partial charge in [0.2, 0.25) is 5.16 Å². The van der Waals surface area contributed by atoms with Crippen LogP contribution in [0, 0.1) is 0 Å². The van der Waals surface area contributed by atoms with Gasteiger partial charge in [-0.25, -0.2) is 4.79 Å². The molecule has 9 heteroatoms. The molecule has 0 amide bonds. The van der Waals surface area contributed by atoms with E-state index in [2.05, 4.69) is 15.3 Å². The SMILES string of the molecule is CCOC(=O)/C(=C\c1cccc(Cl)c1)C1=Nn2c(nnc2-c2cccs2)SC1. The molecule has 2 aromatic heterocycles. The van der Waals surface area contributed by atoms with Crippen LogP contribution in [0.25, 0.3) is 16.8 Å². The molecule has 1 aliphatic rings. The minimum atomic E-state index is -0.420. The molecule has 0 atom stereocenters. The van der Waals surface area contributed by atoms with Crippen LogP contribution in [0.2, 0.25) is 5.02 Å². The maximum Gasteiger partial charge on any atom is 0.340 e. The summed E-state index contributed by atoms with van der Waals surface area (Å²) >= 11 is 9.13. The van der Waals surface area contributed by atoms with Gasteiger partial charge in [0.25, 0.3) is 0 Å². The van der Waals surface area contributed by atoms with Crippen LogP contribution < -0.4 is 0 Å². The highest BCUT2D eigenvalue weighted by atomic mass is 35.5. The number of rotatable bonds is 5. The Balaban J connectivity index is 1.78. The third-order valence-corrected chi connectivity index (χ3v) is 5.91. The van der Waals surface area contributed by atoms with Crippen LogP contribution in [-0.2, 0) is 9.53 Å². The minimum Gasteiger partial charge on any atom is -0.462 e. The Morgan fingerprint density at radius 3 is 2.96 bits per heavy atom. The maximum atomic E-state index is 12.6. The molecule has 28 heavy (non-hydrogen) atoms. The molecule has 142 valence electrons. The van der Waals surface area contributed by atoms with E-state index in [1.165, 1.54) is 11.8 Å². The third-order valence-electron chi connectivity index (χ3n) is 3.88. The van der Waals surface area contributed by atoms with Gasteiger partial charge < -0.3 is 4.74 Å². The summed E-state index contributed by atoms with van der Waals surface area (Å²) in [4.78, 5) is 13.6. The molecule has 4 rings (SSSR count). The fourth-order valence-corrected chi connectivity index (χ4v) is 4.37. The van der Waals surface area contributed by atoms with Gasteiger partial charge in [-0.3, -0.25) is 0 Å². The number of benzene rings is 1. The van der Waals surface area contributed by atoms with E-state index in [0.29, 0.717) is 33.0 Å². The number of fused-ring (bicyclic) bond motifs is 1. The van der Waals surface area contributed by atoms with E-state index in [0.717, 1.165) is 10.4 Å². The number of aromatic nitrogens is 3. The maximum absolute atomic E-state index is 12.6. The van der Waals surface area contributed by atoms with Crippen molar-refractivity contribution in [2.75, 3.05) is 12.4 Å². The molecule has 0 aliphatic carbocycles. The number of halogens is 1. The van der Waals surface area contributed by atoms with E-state index < -0.39 is 5.97 Å². The summed E-state index contributed by atoms with van der Waals surface area (Å²) in [5.74, 6) is 0.727. The van der Waals surface area contributed by atoms with Crippen molar-refractivity contribution in [3.05, 3.63) is 57.9 Å². The van der Waals surface area contributed by atoms with E-state index in [9.17, 15) is 4.79 Å². The molecule has 0 N–H and O–H groups in total. The van der Waals surface area contributed by atoms with Crippen molar-refractivity contribution in [1.82, 2.24) is 14.9 Å². The van der Waals surface area contributed by atoms with Crippen LogP contribution in [-0.4, -0.2) is 38.9 Å². The first-order valence-electron chi connectivity index (χ1n) is 8.50. The second-order valence-electron chi connectivity index (χ2n) is 5.76. The van der Waals surface area contributed by atoms with Crippen molar-refractivity contribution in [2.24, 2.45) is 5.10 Å². The van der Waals surface area contributed by atoms with E-state index in [1.807, 2.05) is 29.6 Å². The van der Waals surface area contributed by atoms with Gasteiger partial charge in [0.15, 0.2) is 5.82 Å². The van der Waals surface area contributed by atoms with Gasteiger partial charge in [0, 0.05) is 10.8 Å². The topological polar surface area (TPSA) is 69.4 Å². The molecule has 0 saturated carbocycles. The van der Waals surface area contributed by atoms with Crippen LogP contribution in [0.1, 0.15) is 12.5 Å². The van der Waals surface area contributed by atoms with Gasteiger partial charge in [-0.2, -0.15) is 9.78 Å². The van der Waals surface area contributed by atoms with Crippen molar-refractivity contribution in [2.45, 2.75) is 12.1 Å². The Labute approximate surface area is 174 Å². The monoisotopic (exact) mass is 430 g/mol. The minimum absolute atomic E-state index is 0.282. The zero-order chi connectivity index (χ0) is 19.5. The molecule has 0 fully saturated rings. The smallest absolute Gasteiger partial charge is 0.340 e. The predicted molar refractivity (Wildman–Crippen MR) is 113 cm³/mol. The standard InChI is InChI=1S/C19H15ClN4O2S2/c1-2-26-18(25)14(10-12-5-3-6-13(20)9-12)15-11-28-19-22-21-17(24(19)23-15)16-7-4-8-27-16/h3-10H,2,11H2,1H3/b14-10-. The first-order chi connectivity index (χ1) is 13.7. The molecular formula is C19H15ClN4O2S2. The number of hydrogen-bond donors (Lipinski definition) is 0. The van der Waals surface area contributed by atoms with E-state index in [-0.39, 0.29) is 6.61 Å². The van der Waals surface area contributed by atoms with Gasteiger partial charge in [0.1, 0.15) is 0 Å². The van der Waals surface area contributed by atoms with E-state index in [4.69, 9.17) is 16.3 Å². The second-order valence-corrected chi connectivity index (χ2v) is 8.09. The average molecular weight is 431 g/mol. The molecule has 6 nitrogen and oxygen atoms in total. The molecule has 3 aromatic rings. The number of esters is 1. The van der Waals surface area contributed by atoms with Crippen LogP contribution in [0.4, 0.5) is 0 Å². The van der Waals surface area contributed by atoms with Crippen LogP contribution in [0.3, 0.4) is 0 Å². The highest BCUT2D eigenvalue weighted by Gasteiger charge is 2.25. The average Bonchev–Trinajstić information content (AvgIpc) is 3.35. The molecule has 1 aromatic carbocycles. The lowest BCUT2D eigenvalue weighted by atomic mass is 10.1. The van der Waals surface area contributed by atoms with Gasteiger partial charge in [-0.05, 0) is 42.1 Å². The van der Waals surface area contributed by atoms with Gasteiger partial charge in [-0.1, -0.05) is 41.6 Å². The van der Waals surface area contributed by atoms with Crippen molar-refractivity contribution < 1.29 is 9.53 Å². The van der Waals surface area contributed by atoms with E-state index >= 15 is 0 Å². The van der Waals surface area contributed by atoms with Crippen molar-refractivity contribution in [3.8, 4) is 10.7 Å². The Morgan fingerprint density at radius 1 is 1.32 bits per heavy atom. The first kappa shape index (κ1) is 18.9. The molecule has 3 heterocycles. The summed E-state index contributed by atoms with van der Waals surface area (Å²) in [6.45, 7) is 2.06. The fraction of sp³-hybridized carbons (Fsp3) is 0.158. The lowest BCUT2D eigenvalue weighted by molar-refractivity contribution is -0.137. The molecule has 1 aliphatic heterocycles. The lowest BCUT2D eigenvalue weighted by Gasteiger charge is -2.15. The van der Waals surface area contributed by atoms with Gasteiger partial charge >= 0.3 is 5.97 Å². The van der Waals surface area contributed by atoms with Crippen LogP contribution >= 0.6 is 34.7 Å². The highest BCUT2D eigenvalue weighted by Crippen LogP contribution is 2.31.